The van der Waals surface area contributed by atoms with Crippen LogP contribution in [-0.4, -0.2) is 26.5 Å². The standard InChI is InChI=1S/C25H20F3N5O2S/c1-2-22-29-14-12-21(33-22)20-7-4-13-30-23(20)35-18-10-8-16(9-11-18)31-24(34)32-17-5-3-6-19(15-17)36-25(26,27)28/h3-15H,2H2,1H3,(H2,31,32,34). The van der Waals surface area contributed by atoms with Gasteiger partial charge in [0.1, 0.15) is 11.6 Å². The number of nitrogens with zero attached hydrogens (tertiary/aromatic N) is 3. The van der Waals surface area contributed by atoms with Crippen LogP contribution >= 0.6 is 11.8 Å². The summed E-state index contributed by atoms with van der Waals surface area (Å²) in [5, 5.41) is 5.15. The fourth-order valence-corrected chi connectivity index (χ4v) is 3.77. The molecule has 0 atom stereocenters. The van der Waals surface area contributed by atoms with Crippen LogP contribution in [0.4, 0.5) is 29.3 Å². The zero-order valence-corrected chi connectivity index (χ0v) is 19.7. The molecule has 0 radical (unpaired) electrons. The molecule has 0 aliphatic carbocycles. The highest BCUT2D eigenvalue weighted by Crippen LogP contribution is 2.37. The van der Waals surface area contributed by atoms with Crippen molar-refractivity contribution in [1.82, 2.24) is 15.0 Å². The molecule has 7 nitrogen and oxygen atoms in total. The number of nitrogens with one attached hydrogen (secondary N) is 2. The number of rotatable bonds is 7. The van der Waals surface area contributed by atoms with E-state index < -0.39 is 11.5 Å². The predicted octanol–water partition coefficient (Wildman–Crippen LogP) is 7.15. The van der Waals surface area contributed by atoms with Crippen LogP contribution < -0.4 is 15.4 Å². The van der Waals surface area contributed by atoms with Gasteiger partial charge < -0.3 is 15.4 Å². The fourth-order valence-electron chi connectivity index (χ4n) is 3.17. The summed E-state index contributed by atoms with van der Waals surface area (Å²) in [6, 6.07) is 16.9. The van der Waals surface area contributed by atoms with E-state index in [1.807, 2.05) is 13.0 Å². The van der Waals surface area contributed by atoms with E-state index in [4.69, 9.17) is 4.74 Å². The molecule has 0 aliphatic heterocycles. The highest BCUT2D eigenvalue weighted by atomic mass is 32.2. The SMILES string of the molecule is CCc1nccc(-c2cccnc2Oc2ccc(NC(=O)Nc3cccc(SC(F)(F)F)c3)cc2)n1. The third-order valence-electron chi connectivity index (χ3n) is 4.72. The van der Waals surface area contributed by atoms with Crippen molar-refractivity contribution in [1.29, 1.82) is 0 Å². The molecule has 0 bridgehead atoms. The minimum Gasteiger partial charge on any atom is -0.438 e. The summed E-state index contributed by atoms with van der Waals surface area (Å²) < 4.78 is 43.7. The van der Waals surface area contributed by atoms with Gasteiger partial charge in [0.15, 0.2) is 0 Å². The van der Waals surface area contributed by atoms with E-state index in [2.05, 4.69) is 25.6 Å². The van der Waals surface area contributed by atoms with Gasteiger partial charge in [0.2, 0.25) is 5.88 Å². The zero-order valence-electron chi connectivity index (χ0n) is 18.9. The summed E-state index contributed by atoms with van der Waals surface area (Å²) in [7, 11) is 0. The van der Waals surface area contributed by atoms with Crippen molar-refractivity contribution >= 4 is 29.2 Å². The smallest absolute Gasteiger partial charge is 0.438 e. The van der Waals surface area contributed by atoms with Crippen molar-refractivity contribution in [2.75, 3.05) is 10.6 Å². The molecule has 4 aromatic rings. The maximum Gasteiger partial charge on any atom is 0.446 e. The van der Waals surface area contributed by atoms with Crippen LogP contribution in [0.2, 0.25) is 0 Å². The summed E-state index contributed by atoms with van der Waals surface area (Å²) >= 11 is -0.248. The lowest BCUT2D eigenvalue weighted by Crippen LogP contribution is -2.19. The van der Waals surface area contributed by atoms with Crippen LogP contribution in [0.5, 0.6) is 11.6 Å². The number of halogens is 3. The fraction of sp³-hybridized carbons (Fsp3) is 0.120. The van der Waals surface area contributed by atoms with Crippen LogP contribution in [0, 0.1) is 0 Å². The van der Waals surface area contributed by atoms with Crippen molar-refractivity contribution in [2.24, 2.45) is 0 Å². The first kappa shape index (κ1) is 25.0. The lowest BCUT2D eigenvalue weighted by Gasteiger charge is -2.12. The molecule has 0 unspecified atom stereocenters. The molecule has 2 aromatic heterocycles. The Kier molecular flexibility index (Phi) is 7.69. The quantitative estimate of drug-likeness (QED) is 0.256. The summed E-state index contributed by atoms with van der Waals surface area (Å²) in [4.78, 5) is 25.3. The third-order valence-corrected chi connectivity index (χ3v) is 5.44. The topological polar surface area (TPSA) is 89.0 Å². The Hall–Kier alpha value is -4.12. The van der Waals surface area contributed by atoms with Gasteiger partial charge >= 0.3 is 11.5 Å². The summed E-state index contributed by atoms with van der Waals surface area (Å²) in [6.07, 6.45) is 4.00. The van der Waals surface area contributed by atoms with Crippen LogP contribution in [0.1, 0.15) is 12.7 Å². The van der Waals surface area contributed by atoms with E-state index in [-0.39, 0.29) is 22.3 Å². The molecule has 2 aromatic carbocycles. The normalized spacial score (nSPS) is 11.1. The molecule has 0 spiro atoms. The molecule has 2 heterocycles. The molecule has 11 heteroatoms. The van der Waals surface area contributed by atoms with Crippen molar-refractivity contribution < 1.29 is 22.7 Å². The average molecular weight is 512 g/mol. The van der Waals surface area contributed by atoms with Crippen molar-refractivity contribution in [3.63, 3.8) is 0 Å². The van der Waals surface area contributed by atoms with E-state index in [1.54, 1.807) is 48.8 Å². The van der Waals surface area contributed by atoms with E-state index in [0.717, 1.165) is 0 Å². The first-order chi connectivity index (χ1) is 17.3. The molecular formula is C25H20F3N5O2S. The number of carbonyl (C=O) groups is 1. The number of hydrogen-bond acceptors (Lipinski definition) is 6. The van der Waals surface area contributed by atoms with Crippen LogP contribution in [0.25, 0.3) is 11.3 Å². The Labute approximate surface area is 209 Å². The molecule has 36 heavy (non-hydrogen) atoms. The number of amides is 2. The Morgan fingerprint density at radius 2 is 1.72 bits per heavy atom. The summed E-state index contributed by atoms with van der Waals surface area (Å²) in [5.74, 6) is 1.57. The van der Waals surface area contributed by atoms with E-state index in [1.165, 1.54) is 24.3 Å². The second-order valence-corrected chi connectivity index (χ2v) is 8.49. The Morgan fingerprint density at radius 1 is 0.944 bits per heavy atom. The molecule has 0 saturated carbocycles. The first-order valence-corrected chi connectivity index (χ1v) is 11.6. The van der Waals surface area contributed by atoms with Gasteiger partial charge in [0, 0.05) is 35.1 Å². The van der Waals surface area contributed by atoms with Crippen LogP contribution in [0.3, 0.4) is 0 Å². The monoisotopic (exact) mass is 511 g/mol. The maximum atomic E-state index is 12.6. The molecule has 184 valence electrons. The lowest BCUT2D eigenvalue weighted by atomic mass is 10.2. The number of anilines is 2. The minimum atomic E-state index is -4.41. The first-order valence-electron chi connectivity index (χ1n) is 10.8. The van der Waals surface area contributed by atoms with Gasteiger partial charge in [-0.1, -0.05) is 13.0 Å². The van der Waals surface area contributed by atoms with Gasteiger partial charge in [-0.2, -0.15) is 13.2 Å². The minimum absolute atomic E-state index is 0.0245. The predicted molar refractivity (Wildman–Crippen MR) is 132 cm³/mol. The summed E-state index contributed by atoms with van der Waals surface area (Å²) in [6.45, 7) is 1.97. The van der Waals surface area contributed by atoms with Gasteiger partial charge in [0.25, 0.3) is 0 Å². The Morgan fingerprint density at radius 3 is 2.47 bits per heavy atom. The number of pyridine rings is 1. The third kappa shape index (κ3) is 6.95. The van der Waals surface area contributed by atoms with Crippen LogP contribution in [-0.2, 0) is 6.42 Å². The number of thioether (sulfide) groups is 1. The highest BCUT2D eigenvalue weighted by Gasteiger charge is 2.29. The van der Waals surface area contributed by atoms with E-state index in [0.29, 0.717) is 40.8 Å². The van der Waals surface area contributed by atoms with Crippen molar-refractivity contribution in [3.05, 3.63) is 84.9 Å². The van der Waals surface area contributed by atoms with Gasteiger partial charge in [-0.3, -0.25) is 0 Å². The number of hydrogen-bond donors (Lipinski definition) is 2. The van der Waals surface area contributed by atoms with Crippen molar-refractivity contribution in [2.45, 2.75) is 23.7 Å². The molecule has 0 fully saturated rings. The lowest BCUT2D eigenvalue weighted by molar-refractivity contribution is -0.0328. The average Bonchev–Trinajstić information content (AvgIpc) is 2.85. The molecule has 0 saturated heterocycles. The molecule has 4 rings (SSSR count). The van der Waals surface area contributed by atoms with E-state index >= 15 is 0 Å². The number of aryl methyl sites for hydroxylation is 1. The number of aromatic nitrogens is 3. The molecular weight excluding hydrogens is 491 g/mol. The molecule has 2 amide bonds. The summed E-state index contributed by atoms with van der Waals surface area (Å²) in [5.41, 5.74) is -2.31. The largest absolute Gasteiger partial charge is 0.446 e. The second-order valence-electron chi connectivity index (χ2n) is 7.35. The number of ether oxygens (including phenoxy) is 1. The van der Waals surface area contributed by atoms with Gasteiger partial charge in [-0.25, -0.2) is 19.7 Å². The molecule has 2 N–H and O–H groups in total. The maximum absolute atomic E-state index is 12.6. The zero-order chi connectivity index (χ0) is 25.5. The Balaban J connectivity index is 1.40. The van der Waals surface area contributed by atoms with Gasteiger partial charge in [0.05, 0.1) is 11.3 Å². The van der Waals surface area contributed by atoms with E-state index in [9.17, 15) is 18.0 Å². The van der Waals surface area contributed by atoms with Crippen LogP contribution in [0.15, 0.2) is 84.0 Å². The highest BCUT2D eigenvalue weighted by molar-refractivity contribution is 8.00. The van der Waals surface area contributed by atoms with Crippen molar-refractivity contribution in [3.8, 4) is 22.9 Å². The second kappa shape index (κ2) is 11.1. The number of carbonyl (C=O) groups excluding carboxylic acids is 1. The number of alkyl halides is 3. The Bertz CT molecular complexity index is 1350. The number of urea groups is 1. The molecule has 0 aliphatic rings. The number of benzene rings is 2. The van der Waals surface area contributed by atoms with Gasteiger partial charge in [-0.05, 0) is 72.4 Å². The van der Waals surface area contributed by atoms with Gasteiger partial charge in [-0.15, -0.1) is 0 Å².